The van der Waals surface area contributed by atoms with Crippen molar-refractivity contribution in [2.24, 2.45) is 7.05 Å². The van der Waals surface area contributed by atoms with E-state index in [1.807, 2.05) is 44.3 Å². The van der Waals surface area contributed by atoms with Crippen molar-refractivity contribution in [3.05, 3.63) is 84.4 Å². The molecule has 1 heterocycles. The highest BCUT2D eigenvalue weighted by Crippen LogP contribution is 2.33. The molecule has 4 rings (SSSR count). The second-order valence-electron chi connectivity index (χ2n) is 6.61. The van der Waals surface area contributed by atoms with Crippen LogP contribution in [0, 0.1) is 6.92 Å². The molecule has 4 aromatic rings. The van der Waals surface area contributed by atoms with Crippen LogP contribution in [-0.2, 0) is 17.1 Å². The maximum Gasteiger partial charge on any atom is 0.261 e. The maximum absolute atomic E-state index is 12.8. The number of aryl methyl sites for hydroxylation is 2. The lowest BCUT2D eigenvalue weighted by atomic mass is 10.1. The van der Waals surface area contributed by atoms with Crippen LogP contribution in [-0.4, -0.2) is 13.0 Å². The molecule has 4 nitrogen and oxygen atoms in total. The van der Waals surface area contributed by atoms with E-state index >= 15 is 0 Å². The Kier molecular flexibility index (Phi) is 4.24. The second-order valence-corrected chi connectivity index (χ2v) is 8.29. The zero-order valence-electron chi connectivity index (χ0n) is 15.2. The van der Waals surface area contributed by atoms with E-state index in [0.29, 0.717) is 5.69 Å². The first-order valence-electron chi connectivity index (χ1n) is 8.69. The van der Waals surface area contributed by atoms with Gasteiger partial charge >= 0.3 is 0 Å². The molecule has 3 aromatic carbocycles. The van der Waals surface area contributed by atoms with Crippen molar-refractivity contribution in [1.82, 2.24) is 4.57 Å². The quantitative estimate of drug-likeness (QED) is 0.548. The van der Waals surface area contributed by atoms with E-state index in [2.05, 4.69) is 27.5 Å². The van der Waals surface area contributed by atoms with Crippen molar-refractivity contribution < 1.29 is 8.42 Å². The summed E-state index contributed by atoms with van der Waals surface area (Å²) in [7, 11) is -1.67. The average molecular weight is 376 g/mol. The third kappa shape index (κ3) is 3.22. The Morgan fingerprint density at radius 2 is 1.52 bits per heavy atom. The van der Waals surface area contributed by atoms with Crippen LogP contribution in [0.1, 0.15) is 5.56 Å². The summed E-state index contributed by atoms with van der Waals surface area (Å²) in [6, 6.07) is 24.5. The number of nitrogens with zero attached hydrogens (tertiary/aromatic N) is 1. The first-order chi connectivity index (χ1) is 13.0. The number of fused-ring (bicyclic) bond motifs is 1. The maximum atomic E-state index is 12.8. The summed E-state index contributed by atoms with van der Waals surface area (Å²) in [4.78, 5) is 0.250. The molecule has 0 radical (unpaired) electrons. The van der Waals surface area contributed by atoms with Crippen LogP contribution in [0.5, 0.6) is 0 Å². The number of rotatable bonds is 4. The van der Waals surface area contributed by atoms with Gasteiger partial charge in [-0.3, -0.25) is 4.72 Å². The third-order valence-electron chi connectivity index (χ3n) is 4.73. The van der Waals surface area contributed by atoms with Crippen LogP contribution in [0.25, 0.3) is 22.2 Å². The number of anilines is 1. The van der Waals surface area contributed by atoms with Gasteiger partial charge in [0.15, 0.2) is 0 Å². The molecule has 0 amide bonds. The van der Waals surface area contributed by atoms with Crippen LogP contribution in [0.15, 0.2) is 83.8 Å². The van der Waals surface area contributed by atoms with Gasteiger partial charge in [-0.05, 0) is 37.3 Å². The molecule has 0 aliphatic rings. The molecule has 1 N–H and O–H groups in total. The van der Waals surface area contributed by atoms with E-state index in [1.165, 1.54) is 0 Å². The second kappa shape index (κ2) is 6.59. The molecule has 1 aromatic heterocycles. The minimum Gasteiger partial charge on any atom is -0.344 e. The van der Waals surface area contributed by atoms with Gasteiger partial charge in [-0.15, -0.1) is 0 Å². The van der Waals surface area contributed by atoms with Gasteiger partial charge in [-0.2, -0.15) is 0 Å². The normalized spacial score (nSPS) is 11.6. The fourth-order valence-corrected chi connectivity index (χ4v) is 4.34. The van der Waals surface area contributed by atoms with Gasteiger partial charge in [-0.25, -0.2) is 8.42 Å². The first-order valence-corrected chi connectivity index (χ1v) is 10.2. The highest BCUT2D eigenvalue weighted by Gasteiger charge is 2.18. The lowest BCUT2D eigenvalue weighted by Gasteiger charge is -2.14. The molecule has 0 bridgehead atoms. The van der Waals surface area contributed by atoms with Crippen molar-refractivity contribution >= 4 is 26.6 Å². The molecule has 0 fully saturated rings. The van der Waals surface area contributed by atoms with Crippen molar-refractivity contribution in [2.75, 3.05) is 4.72 Å². The topological polar surface area (TPSA) is 51.1 Å². The fourth-order valence-electron chi connectivity index (χ4n) is 3.26. The molecule has 0 aliphatic heterocycles. The summed E-state index contributed by atoms with van der Waals surface area (Å²) in [5.74, 6) is 0. The summed E-state index contributed by atoms with van der Waals surface area (Å²) in [5, 5.41) is 1.12. The summed E-state index contributed by atoms with van der Waals surface area (Å²) in [5.41, 5.74) is 4.47. The number of aromatic nitrogens is 1. The van der Waals surface area contributed by atoms with Crippen molar-refractivity contribution in [1.29, 1.82) is 0 Å². The fraction of sp³-hybridized carbons (Fsp3) is 0.0909. The Labute approximate surface area is 159 Å². The molecule has 0 saturated heterocycles. The molecular formula is C22H20N2O2S. The lowest BCUT2D eigenvalue weighted by Crippen LogP contribution is -2.13. The molecule has 0 atom stereocenters. The molecule has 0 unspecified atom stereocenters. The number of hydrogen-bond acceptors (Lipinski definition) is 2. The smallest absolute Gasteiger partial charge is 0.261 e. The van der Waals surface area contributed by atoms with Crippen LogP contribution in [0.2, 0.25) is 0 Å². The molecule has 5 heteroatoms. The molecule has 27 heavy (non-hydrogen) atoms. The predicted molar refractivity (Wildman–Crippen MR) is 110 cm³/mol. The molecule has 0 aliphatic carbocycles. The van der Waals surface area contributed by atoms with E-state index in [9.17, 15) is 8.42 Å². The largest absolute Gasteiger partial charge is 0.344 e. The Bertz CT molecular complexity index is 1220. The summed E-state index contributed by atoms with van der Waals surface area (Å²) in [6.45, 7) is 1.93. The summed E-state index contributed by atoms with van der Waals surface area (Å²) in [6.07, 6.45) is 0. The SMILES string of the molecule is Cc1ccc(S(=O)(=O)Nc2ccccc2-c2cc3ccccc3n2C)cc1. The monoisotopic (exact) mass is 376 g/mol. The van der Waals surface area contributed by atoms with Crippen LogP contribution in [0.3, 0.4) is 0 Å². The van der Waals surface area contributed by atoms with Crippen molar-refractivity contribution in [2.45, 2.75) is 11.8 Å². The number of para-hydroxylation sites is 2. The number of benzene rings is 3. The van der Waals surface area contributed by atoms with E-state index in [4.69, 9.17) is 0 Å². The Morgan fingerprint density at radius 3 is 2.26 bits per heavy atom. The standard InChI is InChI=1S/C22H20N2O2S/c1-16-11-13-18(14-12-16)27(25,26)23-20-9-5-4-8-19(20)22-15-17-7-3-6-10-21(17)24(22)2/h3-15,23H,1-2H3. The highest BCUT2D eigenvalue weighted by atomic mass is 32.2. The van der Waals surface area contributed by atoms with Crippen molar-refractivity contribution in [3.63, 3.8) is 0 Å². The Hall–Kier alpha value is -3.05. The average Bonchev–Trinajstić information content (AvgIpc) is 2.99. The number of nitrogens with one attached hydrogen (secondary N) is 1. The summed E-state index contributed by atoms with van der Waals surface area (Å²) < 4.78 is 30.5. The van der Waals surface area contributed by atoms with Gasteiger partial charge < -0.3 is 4.57 Å². The molecule has 0 spiro atoms. The van der Waals surface area contributed by atoms with Gasteiger partial charge in [0.2, 0.25) is 0 Å². The Balaban J connectivity index is 1.79. The zero-order chi connectivity index (χ0) is 19.0. The molecule has 136 valence electrons. The minimum absolute atomic E-state index is 0.250. The minimum atomic E-state index is -3.66. The third-order valence-corrected chi connectivity index (χ3v) is 6.11. The van der Waals surface area contributed by atoms with Crippen LogP contribution < -0.4 is 4.72 Å². The first kappa shape index (κ1) is 17.4. The van der Waals surface area contributed by atoms with E-state index in [0.717, 1.165) is 27.7 Å². The van der Waals surface area contributed by atoms with E-state index in [1.54, 1.807) is 30.3 Å². The van der Waals surface area contributed by atoms with E-state index < -0.39 is 10.0 Å². The van der Waals surface area contributed by atoms with Crippen molar-refractivity contribution in [3.8, 4) is 11.3 Å². The summed E-state index contributed by atoms with van der Waals surface area (Å²) >= 11 is 0. The van der Waals surface area contributed by atoms with Gasteiger partial charge in [0.05, 0.1) is 16.3 Å². The van der Waals surface area contributed by atoms with Gasteiger partial charge in [-0.1, -0.05) is 54.1 Å². The van der Waals surface area contributed by atoms with Gasteiger partial charge in [0, 0.05) is 23.5 Å². The van der Waals surface area contributed by atoms with Gasteiger partial charge in [0.25, 0.3) is 10.0 Å². The molecule has 0 saturated carbocycles. The van der Waals surface area contributed by atoms with Gasteiger partial charge in [0.1, 0.15) is 0 Å². The Morgan fingerprint density at radius 1 is 0.852 bits per heavy atom. The van der Waals surface area contributed by atoms with E-state index in [-0.39, 0.29) is 4.90 Å². The number of hydrogen-bond donors (Lipinski definition) is 1. The predicted octanol–water partition coefficient (Wildman–Crippen LogP) is 4.95. The number of sulfonamides is 1. The lowest BCUT2D eigenvalue weighted by molar-refractivity contribution is 0.601. The van der Waals surface area contributed by atoms with Crippen LogP contribution in [0.4, 0.5) is 5.69 Å². The van der Waals surface area contributed by atoms with Crippen LogP contribution >= 0.6 is 0 Å². The molecular weight excluding hydrogens is 356 g/mol. The highest BCUT2D eigenvalue weighted by molar-refractivity contribution is 7.92. The zero-order valence-corrected chi connectivity index (χ0v) is 16.0.